The number of thioether (sulfide) groups is 1. The number of likely N-dealkylation sites (tertiary alicyclic amines) is 1. The van der Waals surface area contributed by atoms with Gasteiger partial charge in [-0.3, -0.25) is 9.89 Å². The summed E-state index contributed by atoms with van der Waals surface area (Å²) >= 11 is 1.88. The van der Waals surface area contributed by atoms with Gasteiger partial charge in [0.05, 0.1) is 11.1 Å². The van der Waals surface area contributed by atoms with Gasteiger partial charge in [0, 0.05) is 29.9 Å². The molecule has 2 aliphatic heterocycles. The maximum absolute atomic E-state index is 15.4. The maximum Gasteiger partial charge on any atom is 0.141 e. The van der Waals surface area contributed by atoms with Crippen molar-refractivity contribution in [2.45, 2.75) is 61.9 Å². The minimum absolute atomic E-state index is 0.0278. The predicted molar refractivity (Wildman–Crippen MR) is 126 cm³/mol. The Balaban J connectivity index is 1.58. The summed E-state index contributed by atoms with van der Waals surface area (Å²) in [6.07, 6.45) is 6.43. The molecule has 32 heavy (non-hydrogen) atoms. The average molecular weight is 452 g/mol. The summed E-state index contributed by atoms with van der Waals surface area (Å²) in [5, 5.41) is 9.30. The zero-order valence-corrected chi connectivity index (χ0v) is 18.9. The first-order valence-electron chi connectivity index (χ1n) is 11.4. The number of fused-ring (bicyclic) bond motifs is 2. The van der Waals surface area contributed by atoms with Crippen LogP contribution < -0.4 is 0 Å². The van der Waals surface area contributed by atoms with Crippen LogP contribution in [-0.4, -0.2) is 35.5 Å². The van der Waals surface area contributed by atoms with Crippen LogP contribution in [0.25, 0.3) is 11.1 Å². The van der Waals surface area contributed by atoms with Crippen LogP contribution in [0.15, 0.2) is 35.3 Å². The van der Waals surface area contributed by atoms with E-state index in [0.717, 1.165) is 61.1 Å². The third-order valence-corrected chi connectivity index (χ3v) is 8.87. The van der Waals surface area contributed by atoms with E-state index < -0.39 is 5.82 Å². The topological polar surface area (TPSA) is 39.4 Å². The van der Waals surface area contributed by atoms with Crippen molar-refractivity contribution in [3.05, 3.63) is 58.7 Å². The zero-order valence-electron chi connectivity index (χ0n) is 18.1. The molecule has 2 heterocycles. The fourth-order valence-corrected chi connectivity index (χ4v) is 7.21. The van der Waals surface area contributed by atoms with Gasteiger partial charge in [-0.25, -0.2) is 8.78 Å². The van der Waals surface area contributed by atoms with Crippen molar-refractivity contribution in [1.29, 1.82) is 5.26 Å². The van der Waals surface area contributed by atoms with Crippen molar-refractivity contribution >= 4 is 18.5 Å². The van der Waals surface area contributed by atoms with Crippen molar-refractivity contribution < 1.29 is 8.78 Å². The second kappa shape index (κ2) is 8.61. The van der Waals surface area contributed by atoms with E-state index in [0.29, 0.717) is 18.2 Å². The van der Waals surface area contributed by atoms with Crippen LogP contribution in [0.2, 0.25) is 0 Å². The largest absolute Gasteiger partial charge is 0.294 e. The lowest BCUT2D eigenvalue weighted by atomic mass is 9.89. The van der Waals surface area contributed by atoms with Gasteiger partial charge in [-0.1, -0.05) is 18.6 Å². The molecule has 3 nitrogen and oxygen atoms in total. The van der Waals surface area contributed by atoms with E-state index in [9.17, 15) is 4.39 Å². The summed E-state index contributed by atoms with van der Waals surface area (Å²) in [4.78, 5) is 6.81. The molecule has 0 spiro atoms. The molecule has 2 saturated heterocycles. The molecule has 0 radical (unpaired) electrons. The monoisotopic (exact) mass is 451 g/mol. The van der Waals surface area contributed by atoms with E-state index in [1.54, 1.807) is 12.1 Å². The molecule has 2 aromatic rings. The Hall–Kier alpha value is -2.23. The maximum atomic E-state index is 15.4. The van der Waals surface area contributed by atoms with Crippen LogP contribution in [0, 0.1) is 23.0 Å². The molecule has 0 N–H and O–H groups in total. The molecule has 5 rings (SSSR count). The molecule has 0 aromatic heterocycles. The Labute approximate surface area is 192 Å². The molecule has 2 unspecified atom stereocenters. The average Bonchev–Trinajstić information content (AvgIpc) is 3.40. The molecular formula is C26H27F2N3S. The zero-order chi connectivity index (χ0) is 22.3. The summed E-state index contributed by atoms with van der Waals surface area (Å²) in [5.41, 5.74) is 3.27. The van der Waals surface area contributed by atoms with E-state index in [4.69, 9.17) is 5.26 Å². The molecular weight excluding hydrogens is 424 g/mol. The SMILES string of the molecule is C=N[C@@]12CCC(C1)N(Cc1c(F)ccc(-c3ccc(C#N)c(F)c3)c1C1CCCCS1)C2. The van der Waals surface area contributed by atoms with Crippen LogP contribution in [0.3, 0.4) is 0 Å². The Morgan fingerprint density at radius 3 is 2.75 bits per heavy atom. The van der Waals surface area contributed by atoms with Crippen LogP contribution in [0.1, 0.15) is 60.5 Å². The highest BCUT2D eigenvalue weighted by atomic mass is 32.2. The van der Waals surface area contributed by atoms with Crippen LogP contribution in [0.5, 0.6) is 0 Å². The van der Waals surface area contributed by atoms with Gasteiger partial charge < -0.3 is 0 Å². The molecule has 2 bridgehead atoms. The number of aliphatic imine (C=N–C) groups is 1. The van der Waals surface area contributed by atoms with Gasteiger partial charge in [0.15, 0.2) is 0 Å². The number of nitriles is 1. The van der Waals surface area contributed by atoms with Crippen molar-refractivity contribution in [3.8, 4) is 17.2 Å². The van der Waals surface area contributed by atoms with Crippen LogP contribution in [-0.2, 0) is 6.54 Å². The third kappa shape index (κ3) is 3.76. The van der Waals surface area contributed by atoms with Gasteiger partial charge in [0.25, 0.3) is 0 Å². The Kier molecular flexibility index (Phi) is 5.81. The van der Waals surface area contributed by atoms with Crippen molar-refractivity contribution in [1.82, 2.24) is 4.90 Å². The first-order chi connectivity index (χ1) is 15.5. The first-order valence-corrected chi connectivity index (χ1v) is 12.4. The molecule has 166 valence electrons. The summed E-state index contributed by atoms with van der Waals surface area (Å²) < 4.78 is 29.9. The first kappa shape index (κ1) is 21.6. The normalized spacial score (nSPS) is 27.4. The molecule has 3 aliphatic rings. The summed E-state index contributed by atoms with van der Waals surface area (Å²) in [6.45, 7) is 5.20. The quantitative estimate of drug-likeness (QED) is 0.503. The highest BCUT2D eigenvalue weighted by Crippen LogP contribution is 2.48. The highest BCUT2D eigenvalue weighted by molar-refractivity contribution is 7.99. The number of nitrogens with zero attached hydrogens (tertiary/aromatic N) is 3. The molecule has 1 saturated carbocycles. The molecule has 0 amide bonds. The molecule has 1 aliphatic carbocycles. The molecule has 6 heteroatoms. The summed E-state index contributed by atoms with van der Waals surface area (Å²) in [6, 6.07) is 10.3. The van der Waals surface area contributed by atoms with Crippen molar-refractivity contribution in [2.75, 3.05) is 12.3 Å². The predicted octanol–water partition coefficient (Wildman–Crippen LogP) is 6.27. The number of halogens is 2. The van der Waals surface area contributed by atoms with E-state index in [2.05, 4.69) is 16.6 Å². The number of benzene rings is 2. The second-order valence-electron chi connectivity index (χ2n) is 9.33. The van der Waals surface area contributed by atoms with Crippen molar-refractivity contribution in [2.24, 2.45) is 4.99 Å². The van der Waals surface area contributed by atoms with Crippen LogP contribution >= 0.6 is 11.8 Å². The second-order valence-corrected chi connectivity index (χ2v) is 10.6. The van der Waals surface area contributed by atoms with E-state index in [1.807, 2.05) is 17.8 Å². The minimum Gasteiger partial charge on any atom is -0.294 e. The van der Waals surface area contributed by atoms with Gasteiger partial charge in [-0.05, 0) is 79.5 Å². The van der Waals surface area contributed by atoms with Gasteiger partial charge in [0.1, 0.15) is 17.7 Å². The summed E-state index contributed by atoms with van der Waals surface area (Å²) in [5.74, 6) is 0.332. The molecule has 3 atom stereocenters. The Morgan fingerprint density at radius 1 is 1.19 bits per heavy atom. The third-order valence-electron chi connectivity index (χ3n) is 7.47. The van der Waals surface area contributed by atoms with Gasteiger partial charge in [0.2, 0.25) is 0 Å². The lowest BCUT2D eigenvalue weighted by Gasteiger charge is -2.33. The lowest BCUT2D eigenvalue weighted by molar-refractivity contribution is 0.193. The standard InChI is InChI=1S/C26H27F2N3S/c1-30-26-10-9-19(13-26)31(16-26)15-21-22(27)8-7-20(25(21)24-4-2-3-11-32-24)17-5-6-18(14-29)23(28)12-17/h5-8,12,19,24H,1-4,9-11,13,15-16H2/t19?,24?,26-/m0/s1. The smallest absolute Gasteiger partial charge is 0.141 e. The molecule has 2 aromatic carbocycles. The van der Waals surface area contributed by atoms with Gasteiger partial charge in [-0.15, -0.1) is 0 Å². The van der Waals surface area contributed by atoms with Gasteiger partial charge >= 0.3 is 0 Å². The lowest BCUT2D eigenvalue weighted by Crippen LogP contribution is -2.37. The fraction of sp³-hybridized carbons (Fsp3) is 0.462. The van der Waals surface area contributed by atoms with E-state index in [-0.39, 0.29) is 22.2 Å². The Morgan fingerprint density at radius 2 is 2.06 bits per heavy atom. The number of hydrogen-bond acceptors (Lipinski definition) is 4. The van der Waals surface area contributed by atoms with E-state index >= 15 is 4.39 Å². The number of piperidine rings is 1. The molecule has 3 fully saturated rings. The Bertz CT molecular complexity index is 1090. The van der Waals surface area contributed by atoms with E-state index in [1.165, 1.54) is 24.6 Å². The van der Waals surface area contributed by atoms with Gasteiger partial charge in [-0.2, -0.15) is 17.0 Å². The number of rotatable bonds is 5. The fourth-order valence-electron chi connectivity index (χ4n) is 5.78. The van der Waals surface area contributed by atoms with Crippen LogP contribution in [0.4, 0.5) is 8.78 Å². The minimum atomic E-state index is -0.533. The van der Waals surface area contributed by atoms with Crippen molar-refractivity contribution in [3.63, 3.8) is 0 Å². The summed E-state index contributed by atoms with van der Waals surface area (Å²) in [7, 11) is 0. The highest BCUT2D eigenvalue weighted by Gasteiger charge is 2.49. The number of hydrogen-bond donors (Lipinski definition) is 0.